The molecule has 0 bridgehead atoms. The van der Waals surface area contributed by atoms with Crippen LogP contribution in [0.25, 0.3) is 0 Å². The van der Waals surface area contributed by atoms with Gasteiger partial charge in [0.15, 0.2) is 18.1 Å². The van der Waals surface area contributed by atoms with Crippen LogP contribution in [0.3, 0.4) is 0 Å². The molecule has 0 saturated carbocycles. The molecule has 30 heavy (non-hydrogen) atoms. The summed E-state index contributed by atoms with van der Waals surface area (Å²) < 4.78 is 25.8. The predicted molar refractivity (Wildman–Crippen MR) is 110 cm³/mol. The van der Waals surface area contributed by atoms with Crippen molar-refractivity contribution in [1.82, 2.24) is 5.43 Å². The minimum Gasteiger partial charge on any atom is -0.497 e. The summed E-state index contributed by atoms with van der Waals surface area (Å²) in [5.74, 6) is 0.882. The van der Waals surface area contributed by atoms with Crippen molar-refractivity contribution in [2.45, 2.75) is 6.92 Å². The number of amides is 1. The number of hydrogen-bond donors (Lipinski definition) is 1. The van der Waals surface area contributed by atoms with Crippen molar-refractivity contribution in [1.29, 1.82) is 0 Å². The third-order valence-electron chi connectivity index (χ3n) is 3.83. The summed E-state index contributed by atoms with van der Waals surface area (Å²) in [5, 5.41) is 3.96. The average Bonchev–Trinajstić information content (AvgIpc) is 2.77. The molecule has 0 saturated heterocycles. The highest BCUT2D eigenvalue weighted by atomic mass is 16.6. The minimum atomic E-state index is -0.470. The Morgan fingerprint density at radius 2 is 1.67 bits per heavy atom. The molecule has 0 aliphatic heterocycles. The van der Waals surface area contributed by atoms with E-state index in [4.69, 9.17) is 23.7 Å². The highest BCUT2D eigenvalue weighted by Crippen LogP contribution is 2.27. The number of rotatable bonds is 10. The summed E-state index contributed by atoms with van der Waals surface area (Å²) in [6.07, 6.45) is 1.45. The van der Waals surface area contributed by atoms with Crippen molar-refractivity contribution in [2.24, 2.45) is 5.10 Å². The Morgan fingerprint density at radius 1 is 0.967 bits per heavy atom. The predicted octanol–water partition coefficient (Wildman–Crippen LogP) is 2.42. The van der Waals surface area contributed by atoms with Crippen LogP contribution in [0.1, 0.15) is 22.8 Å². The first-order valence-electron chi connectivity index (χ1n) is 9.03. The third-order valence-corrected chi connectivity index (χ3v) is 3.83. The molecule has 0 radical (unpaired) electrons. The van der Waals surface area contributed by atoms with Crippen LogP contribution in [0, 0.1) is 0 Å². The van der Waals surface area contributed by atoms with Gasteiger partial charge in [-0.3, -0.25) is 4.79 Å². The van der Waals surface area contributed by atoms with E-state index >= 15 is 0 Å². The summed E-state index contributed by atoms with van der Waals surface area (Å²) >= 11 is 0. The summed E-state index contributed by atoms with van der Waals surface area (Å²) in [7, 11) is 4.48. The van der Waals surface area contributed by atoms with Gasteiger partial charge in [0.1, 0.15) is 11.5 Å². The van der Waals surface area contributed by atoms with Crippen LogP contribution in [-0.4, -0.2) is 52.6 Å². The molecule has 0 spiro atoms. The van der Waals surface area contributed by atoms with Crippen LogP contribution in [0.5, 0.6) is 23.0 Å². The van der Waals surface area contributed by atoms with Crippen LogP contribution in [0.15, 0.2) is 41.5 Å². The number of hydrazone groups is 1. The van der Waals surface area contributed by atoms with E-state index < -0.39 is 11.9 Å². The van der Waals surface area contributed by atoms with Crippen molar-refractivity contribution >= 4 is 18.1 Å². The maximum absolute atomic E-state index is 12.3. The van der Waals surface area contributed by atoms with Crippen molar-refractivity contribution in [3.63, 3.8) is 0 Å². The molecular formula is C21H24N2O7. The molecule has 2 aromatic carbocycles. The molecular weight excluding hydrogens is 392 g/mol. The number of carbonyl (C=O) groups is 2. The fourth-order valence-electron chi connectivity index (χ4n) is 2.39. The Balaban J connectivity index is 2.04. The zero-order valence-electron chi connectivity index (χ0n) is 17.3. The first kappa shape index (κ1) is 22.5. The molecule has 9 heteroatoms. The van der Waals surface area contributed by atoms with Crippen LogP contribution in [-0.2, 0) is 9.53 Å². The summed E-state index contributed by atoms with van der Waals surface area (Å²) in [6, 6.07) is 9.81. The largest absolute Gasteiger partial charge is 0.497 e. The number of hydrogen-bond acceptors (Lipinski definition) is 8. The van der Waals surface area contributed by atoms with Gasteiger partial charge in [0.25, 0.3) is 5.91 Å². The third kappa shape index (κ3) is 6.40. The molecule has 1 N–H and O–H groups in total. The molecule has 0 aliphatic rings. The Bertz CT molecular complexity index is 890. The molecule has 0 aromatic heterocycles. The van der Waals surface area contributed by atoms with Gasteiger partial charge < -0.3 is 23.7 Å². The second-order valence-corrected chi connectivity index (χ2v) is 5.80. The van der Waals surface area contributed by atoms with Gasteiger partial charge in [-0.25, -0.2) is 10.2 Å². The van der Waals surface area contributed by atoms with E-state index in [0.29, 0.717) is 34.1 Å². The quantitative estimate of drug-likeness (QED) is 0.360. The number of carbonyl (C=O) groups excluding carboxylic acids is 2. The smallest absolute Gasteiger partial charge is 0.344 e. The van der Waals surface area contributed by atoms with Crippen LogP contribution in [0.2, 0.25) is 0 Å². The van der Waals surface area contributed by atoms with Gasteiger partial charge in [0.2, 0.25) is 0 Å². The van der Waals surface area contributed by atoms with Gasteiger partial charge in [-0.2, -0.15) is 5.10 Å². The van der Waals surface area contributed by atoms with Gasteiger partial charge >= 0.3 is 5.97 Å². The van der Waals surface area contributed by atoms with E-state index in [0.717, 1.165) is 0 Å². The van der Waals surface area contributed by atoms with Crippen molar-refractivity contribution < 1.29 is 33.3 Å². The monoisotopic (exact) mass is 416 g/mol. The first-order chi connectivity index (χ1) is 14.5. The zero-order chi connectivity index (χ0) is 21.9. The standard InChI is InChI=1S/C21H24N2O7/c1-5-29-20(24)13-30-18-7-6-14(8-19(18)28-4)12-22-23-21(25)15-9-16(26-2)11-17(10-15)27-3/h6-12H,5,13H2,1-4H3,(H,23,25). The number of methoxy groups -OCH3 is 3. The maximum atomic E-state index is 12.3. The van der Waals surface area contributed by atoms with E-state index in [1.54, 1.807) is 43.3 Å². The summed E-state index contributed by atoms with van der Waals surface area (Å²) in [6.45, 7) is 1.77. The number of nitrogens with one attached hydrogen (secondary N) is 1. The average molecular weight is 416 g/mol. The molecule has 0 fully saturated rings. The highest BCUT2D eigenvalue weighted by molar-refractivity contribution is 5.95. The second-order valence-electron chi connectivity index (χ2n) is 5.80. The second kappa shape index (κ2) is 11.3. The lowest BCUT2D eigenvalue weighted by atomic mass is 10.2. The molecule has 1 amide bonds. The van der Waals surface area contributed by atoms with E-state index in [-0.39, 0.29) is 13.2 Å². The Kier molecular flexibility index (Phi) is 8.49. The van der Waals surface area contributed by atoms with Crippen molar-refractivity contribution in [3.8, 4) is 23.0 Å². The van der Waals surface area contributed by atoms with Gasteiger partial charge in [-0.05, 0) is 42.8 Å². The van der Waals surface area contributed by atoms with Crippen LogP contribution in [0.4, 0.5) is 0 Å². The highest BCUT2D eigenvalue weighted by Gasteiger charge is 2.10. The zero-order valence-corrected chi connectivity index (χ0v) is 17.3. The van der Waals surface area contributed by atoms with E-state index in [9.17, 15) is 9.59 Å². The first-order valence-corrected chi connectivity index (χ1v) is 9.03. The number of esters is 1. The van der Waals surface area contributed by atoms with Crippen molar-refractivity contribution in [3.05, 3.63) is 47.5 Å². The fourth-order valence-corrected chi connectivity index (χ4v) is 2.39. The lowest BCUT2D eigenvalue weighted by Gasteiger charge is -2.10. The van der Waals surface area contributed by atoms with Gasteiger partial charge in [-0.1, -0.05) is 0 Å². The Hall–Kier alpha value is -3.75. The molecule has 2 rings (SSSR count). The lowest BCUT2D eigenvalue weighted by molar-refractivity contribution is -0.145. The lowest BCUT2D eigenvalue weighted by Crippen LogP contribution is -2.17. The fraction of sp³-hybridized carbons (Fsp3) is 0.286. The molecule has 160 valence electrons. The van der Waals surface area contributed by atoms with E-state index in [1.807, 2.05) is 0 Å². The SMILES string of the molecule is CCOC(=O)COc1ccc(C=NNC(=O)c2cc(OC)cc(OC)c2)cc1OC. The summed E-state index contributed by atoms with van der Waals surface area (Å²) in [5.41, 5.74) is 3.43. The van der Waals surface area contributed by atoms with E-state index in [1.165, 1.54) is 27.5 Å². The number of benzene rings is 2. The van der Waals surface area contributed by atoms with Crippen molar-refractivity contribution in [2.75, 3.05) is 34.5 Å². The molecule has 2 aromatic rings. The molecule has 0 atom stereocenters. The Morgan fingerprint density at radius 3 is 2.27 bits per heavy atom. The normalized spacial score (nSPS) is 10.4. The van der Waals surface area contributed by atoms with Gasteiger partial charge in [-0.15, -0.1) is 0 Å². The molecule has 0 unspecified atom stereocenters. The van der Waals surface area contributed by atoms with Crippen LogP contribution >= 0.6 is 0 Å². The topological polar surface area (TPSA) is 105 Å². The molecule has 0 heterocycles. The number of ether oxygens (including phenoxy) is 5. The van der Waals surface area contributed by atoms with E-state index in [2.05, 4.69) is 10.5 Å². The number of nitrogens with zero attached hydrogens (tertiary/aromatic N) is 1. The van der Waals surface area contributed by atoms with Gasteiger partial charge in [0, 0.05) is 11.6 Å². The maximum Gasteiger partial charge on any atom is 0.344 e. The molecule has 0 aliphatic carbocycles. The van der Waals surface area contributed by atoms with Gasteiger partial charge in [0.05, 0.1) is 34.2 Å². The Labute approximate surface area is 174 Å². The minimum absolute atomic E-state index is 0.225. The molecule has 9 nitrogen and oxygen atoms in total. The summed E-state index contributed by atoms with van der Waals surface area (Å²) in [4.78, 5) is 23.7. The van der Waals surface area contributed by atoms with Crippen LogP contribution < -0.4 is 24.4 Å².